The largest absolute Gasteiger partial charge is 0.361 e. The fourth-order valence-corrected chi connectivity index (χ4v) is 2.63. The van der Waals surface area contributed by atoms with Gasteiger partial charge in [0.1, 0.15) is 0 Å². The zero-order valence-corrected chi connectivity index (χ0v) is 11.4. The highest BCUT2D eigenvalue weighted by atomic mass is 32.2. The molecular formula is C13H19N3S. The lowest BCUT2D eigenvalue weighted by atomic mass is 10.1. The maximum absolute atomic E-state index is 4.52. The predicted octanol–water partition coefficient (Wildman–Crippen LogP) is 2.61. The Morgan fingerprint density at radius 1 is 1.47 bits per heavy atom. The molecule has 1 aromatic heterocycles. The number of pyridine rings is 1. The van der Waals surface area contributed by atoms with E-state index < -0.39 is 0 Å². The van der Waals surface area contributed by atoms with Crippen LogP contribution in [-0.2, 0) is 6.54 Å². The fourth-order valence-electron chi connectivity index (χ4n) is 1.62. The average Bonchev–Trinajstić information content (AvgIpc) is 2.77. The van der Waals surface area contributed by atoms with Gasteiger partial charge in [-0.15, -0.1) is 0 Å². The molecule has 92 valence electrons. The SMILES string of the molecule is Cc1ccc(CNC2=NCC(C(C)C)S2)cn1. The molecule has 2 rings (SSSR count). The van der Waals surface area contributed by atoms with E-state index in [-0.39, 0.29) is 0 Å². The van der Waals surface area contributed by atoms with Crippen molar-refractivity contribution < 1.29 is 0 Å². The van der Waals surface area contributed by atoms with Crippen LogP contribution in [0.3, 0.4) is 0 Å². The molecule has 0 aromatic carbocycles. The van der Waals surface area contributed by atoms with Gasteiger partial charge in [-0.05, 0) is 24.5 Å². The van der Waals surface area contributed by atoms with Crippen molar-refractivity contribution in [3.63, 3.8) is 0 Å². The van der Waals surface area contributed by atoms with Crippen LogP contribution < -0.4 is 5.32 Å². The summed E-state index contributed by atoms with van der Waals surface area (Å²) in [4.78, 5) is 8.80. The molecule has 0 aliphatic carbocycles. The van der Waals surface area contributed by atoms with Crippen molar-refractivity contribution in [1.29, 1.82) is 0 Å². The summed E-state index contributed by atoms with van der Waals surface area (Å²) in [5.41, 5.74) is 2.26. The zero-order chi connectivity index (χ0) is 12.3. The Bertz CT molecular complexity index is 398. The molecule has 1 atom stereocenters. The van der Waals surface area contributed by atoms with Crippen LogP contribution in [-0.4, -0.2) is 21.9 Å². The molecule has 1 aliphatic rings. The molecule has 17 heavy (non-hydrogen) atoms. The molecular weight excluding hydrogens is 230 g/mol. The Hall–Kier alpha value is -1.03. The average molecular weight is 249 g/mol. The van der Waals surface area contributed by atoms with Gasteiger partial charge in [0.25, 0.3) is 0 Å². The third kappa shape index (κ3) is 3.46. The number of hydrogen-bond acceptors (Lipinski definition) is 4. The number of rotatable bonds is 3. The monoisotopic (exact) mass is 249 g/mol. The van der Waals surface area contributed by atoms with Gasteiger partial charge in [-0.25, -0.2) is 0 Å². The van der Waals surface area contributed by atoms with Crippen LogP contribution in [0.1, 0.15) is 25.1 Å². The molecule has 0 saturated carbocycles. The van der Waals surface area contributed by atoms with Gasteiger partial charge in [0.05, 0.1) is 6.54 Å². The number of hydrogen-bond donors (Lipinski definition) is 1. The van der Waals surface area contributed by atoms with Crippen LogP contribution in [0.2, 0.25) is 0 Å². The summed E-state index contributed by atoms with van der Waals surface area (Å²) < 4.78 is 0. The Balaban J connectivity index is 1.82. The summed E-state index contributed by atoms with van der Waals surface area (Å²) in [5.74, 6) is 0.684. The van der Waals surface area contributed by atoms with Gasteiger partial charge in [-0.1, -0.05) is 31.7 Å². The highest BCUT2D eigenvalue weighted by molar-refractivity contribution is 8.14. The first-order chi connectivity index (χ1) is 8.15. The second-order valence-electron chi connectivity index (χ2n) is 4.71. The Labute approximate surface area is 107 Å². The minimum atomic E-state index is 0.633. The molecule has 3 nitrogen and oxygen atoms in total. The topological polar surface area (TPSA) is 37.3 Å². The van der Waals surface area contributed by atoms with Gasteiger partial charge in [0.2, 0.25) is 0 Å². The Morgan fingerprint density at radius 2 is 2.29 bits per heavy atom. The predicted molar refractivity (Wildman–Crippen MR) is 74.3 cm³/mol. The van der Waals surface area contributed by atoms with E-state index in [2.05, 4.69) is 35.2 Å². The van der Waals surface area contributed by atoms with Crippen molar-refractivity contribution in [3.05, 3.63) is 29.6 Å². The van der Waals surface area contributed by atoms with Gasteiger partial charge in [-0.3, -0.25) is 9.98 Å². The van der Waals surface area contributed by atoms with E-state index in [0.717, 1.165) is 24.0 Å². The first-order valence-electron chi connectivity index (χ1n) is 6.01. The first kappa shape index (κ1) is 12.4. The van der Waals surface area contributed by atoms with Crippen molar-refractivity contribution >= 4 is 16.9 Å². The lowest BCUT2D eigenvalue weighted by Gasteiger charge is -2.12. The molecule has 1 aliphatic heterocycles. The molecule has 0 bridgehead atoms. The van der Waals surface area contributed by atoms with E-state index in [4.69, 9.17) is 0 Å². The number of aryl methyl sites for hydroxylation is 1. The van der Waals surface area contributed by atoms with Crippen LogP contribution in [0.15, 0.2) is 23.3 Å². The number of aromatic nitrogens is 1. The summed E-state index contributed by atoms with van der Waals surface area (Å²) in [6.45, 7) is 8.25. The number of thioether (sulfide) groups is 1. The van der Waals surface area contributed by atoms with E-state index in [1.54, 1.807) is 0 Å². The van der Waals surface area contributed by atoms with Crippen LogP contribution >= 0.6 is 11.8 Å². The second-order valence-corrected chi connectivity index (χ2v) is 5.94. The molecule has 2 heterocycles. The fraction of sp³-hybridized carbons (Fsp3) is 0.538. The van der Waals surface area contributed by atoms with Gasteiger partial charge >= 0.3 is 0 Å². The third-order valence-corrected chi connectivity index (χ3v) is 4.33. The number of aliphatic imine (C=N–C) groups is 1. The van der Waals surface area contributed by atoms with Crippen molar-refractivity contribution in [3.8, 4) is 0 Å². The normalized spacial score (nSPS) is 19.5. The maximum Gasteiger partial charge on any atom is 0.157 e. The lowest BCUT2D eigenvalue weighted by Crippen LogP contribution is -2.20. The Kier molecular flexibility index (Phi) is 4.05. The van der Waals surface area contributed by atoms with E-state index >= 15 is 0 Å². The molecule has 1 N–H and O–H groups in total. The smallest absolute Gasteiger partial charge is 0.157 e. The lowest BCUT2D eigenvalue weighted by molar-refractivity contribution is 0.621. The van der Waals surface area contributed by atoms with E-state index in [1.807, 2.05) is 30.9 Å². The maximum atomic E-state index is 4.52. The summed E-state index contributed by atoms with van der Waals surface area (Å²) in [5, 5.41) is 5.08. The van der Waals surface area contributed by atoms with E-state index in [0.29, 0.717) is 11.2 Å². The van der Waals surface area contributed by atoms with Crippen LogP contribution in [0.4, 0.5) is 0 Å². The van der Waals surface area contributed by atoms with E-state index in [1.165, 1.54) is 5.56 Å². The van der Waals surface area contributed by atoms with E-state index in [9.17, 15) is 0 Å². The van der Waals surface area contributed by atoms with Gasteiger partial charge < -0.3 is 5.32 Å². The minimum absolute atomic E-state index is 0.633. The molecule has 1 aromatic rings. The molecule has 1 unspecified atom stereocenters. The summed E-state index contributed by atoms with van der Waals surface area (Å²) in [6.07, 6.45) is 1.92. The summed E-state index contributed by atoms with van der Waals surface area (Å²) in [7, 11) is 0. The Morgan fingerprint density at radius 3 is 2.88 bits per heavy atom. The number of amidine groups is 1. The van der Waals surface area contributed by atoms with Crippen molar-refractivity contribution in [2.45, 2.75) is 32.6 Å². The van der Waals surface area contributed by atoms with Crippen molar-refractivity contribution in [1.82, 2.24) is 10.3 Å². The highest BCUT2D eigenvalue weighted by Gasteiger charge is 2.21. The van der Waals surface area contributed by atoms with Crippen LogP contribution in [0.5, 0.6) is 0 Å². The first-order valence-corrected chi connectivity index (χ1v) is 6.89. The summed E-state index contributed by atoms with van der Waals surface area (Å²) >= 11 is 1.86. The molecule has 4 heteroatoms. The van der Waals surface area contributed by atoms with Crippen LogP contribution in [0.25, 0.3) is 0 Å². The summed E-state index contributed by atoms with van der Waals surface area (Å²) in [6, 6.07) is 4.15. The van der Waals surface area contributed by atoms with Gasteiger partial charge in [0.15, 0.2) is 5.17 Å². The third-order valence-electron chi connectivity index (χ3n) is 2.84. The minimum Gasteiger partial charge on any atom is -0.361 e. The molecule has 0 amide bonds. The molecule has 0 saturated heterocycles. The second kappa shape index (κ2) is 5.54. The van der Waals surface area contributed by atoms with Gasteiger partial charge in [-0.2, -0.15) is 0 Å². The van der Waals surface area contributed by atoms with Crippen molar-refractivity contribution in [2.75, 3.05) is 6.54 Å². The molecule has 0 spiro atoms. The number of nitrogens with one attached hydrogen (secondary N) is 1. The highest BCUT2D eigenvalue weighted by Crippen LogP contribution is 2.25. The molecule has 0 radical (unpaired) electrons. The number of nitrogens with zero attached hydrogens (tertiary/aromatic N) is 2. The molecule has 0 fully saturated rings. The van der Waals surface area contributed by atoms with Crippen molar-refractivity contribution in [2.24, 2.45) is 10.9 Å². The zero-order valence-electron chi connectivity index (χ0n) is 10.6. The quantitative estimate of drug-likeness (QED) is 0.894. The van der Waals surface area contributed by atoms with Crippen LogP contribution in [0, 0.1) is 12.8 Å². The standard InChI is InChI=1S/C13H19N3S/c1-9(2)12-8-16-13(17-12)15-7-11-5-4-10(3)14-6-11/h4-6,9,12H,7-8H2,1-3H3,(H,15,16). The van der Waals surface area contributed by atoms with Gasteiger partial charge in [0, 0.05) is 23.7 Å².